The van der Waals surface area contributed by atoms with Gasteiger partial charge in [-0.1, -0.05) is 34.1 Å². The van der Waals surface area contributed by atoms with Gasteiger partial charge in [0.2, 0.25) is 0 Å². The van der Waals surface area contributed by atoms with E-state index in [1.54, 1.807) is 16.9 Å². The third-order valence-electron chi connectivity index (χ3n) is 3.40. The summed E-state index contributed by atoms with van der Waals surface area (Å²) in [5, 5.41) is 8.19. The van der Waals surface area contributed by atoms with Gasteiger partial charge in [0, 0.05) is 16.4 Å². The number of aromatic nitrogens is 3. The van der Waals surface area contributed by atoms with E-state index in [9.17, 15) is 4.79 Å². The number of halogens is 1. The normalized spacial score (nSPS) is 11.0. The Hall–Kier alpha value is -2.80. The molecule has 25 heavy (non-hydrogen) atoms. The van der Waals surface area contributed by atoms with Crippen LogP contribution in [0.2, 0.25) is 0 Å². The number of nitrogens with one attached hydrogen (secondary N) is 1. The molecule has 2 aromatic heterocycles. The molecule has 0 saturated heterocycles. The highest BCUT2D eigenvalue weighted by Crippen LogP contribution is 2.11. The lowest BCUT2D eigenvalue weighted by Gasteiger charge is -2.02. The molecule has 2 heterocycles. The summed E-state index contributed by atoms with van der Waals surface area (Å²) in [5.74, 6) is -0.363. The van der Waals surface area contributed by atoms with Gasteiger partial charge in [0.25, 0.3) is 5.91 Å². The summed E-state index contributed by atoms with van der Waals surface area (Å²) in [6, 6.07) is 15.2. The maximum absolute atomic E-state index is 12.1. The van der Waals surface area contributed by atoms with Crippen LogP contribution >= 0.6 is 15.9 Å². The fraction of sp³-hybridized carbons (Fsp3) is 0.111. The molecule has 0 unspecified atom stereocenters. The van der Waals surface area contributed by atoms with E-state index in [1.807, 2.05) is 49.4 Å². The van der Waals surface area contributed by atoms with Crippen molar-refractivity contribution >= 4 is 28.1 Å². The molecule has 0 aliphatic rings. The highest BCUT2D eigenvalue weighted by atomic mass is 79.9. The Labute approximate surface area is 153 Å². The summed E-state index contributed by atoms with van der Waals surface area (Å²) in [7, 11) is 0. The number of rotatable bonds is 5. The number of hydrogen-bond acceptors (Lipinski definition) is 4. The van der Waals surface area contributed by atoms with Crippen LogP contribution in [0.5, 0.6) is 0 Å². The van der Waals surface area contributed by atoms with Gasteiger partial charge in [0.15, 0.2) is 5.69 Å². The number of carbonyl (C=O) groups is 1. The van der Waals surface area contributed by atoms with Crippen molar-refractivity contribution in [1.82, 2.24) is 20.2 Å². The minimum Gasteiger partial charge on any atom is -0.268 e. The predicted octanol–water partition coefficient (Wildman–Crippen LogP) is 3.16. The largest absolute Gasteiger partial charge is 0.291 e. The zero-order chi connectivity index (χ0) is 17.6. The number of amides is 1. The molecule has 0 bridgehead atoms. The minimum atomic E-state index is -0.363. The van der Waals surface area contributed by atoms with Gasteiger partial charge in [-0.2, -0.15) is 10.2 Å². The standard InChI is InChI=1S/C18H16BrN5O/c1-13-3-2-4-16(21-13)11-20-22-18(25)17-9-10-24(23-17)12-14-5-7-15(19)8-6-14/h2-11H,12H2,1H3,(H,22,25)/b20-11+. The van der Waals surface area contributed by atoms with Gasteiger partial charge < -0.3 is 0 Å². The van der Waals surface area contributed by atoms with Gasteiger partial charge in [0.05, 0.1) is 18.5 Å². The van der Waals surface area contributed by atoms with Crippen molar-refractivity contribution < 1.29 is 4.79 Å². The SMILES string of the molecule is Cc1cccc(/C=N/NC(=O)c2ccn(Cc3ccc(Br)cc3)n2)n1. The summed E-state index contributed by atoms with van der Waals surface area (Å²) >= 11 is 3.41. The first-order chi connectivity index (χ1) is 12.1. The first-order valence-electron chi connectivity index (χ1n) is 7.65. The molecule has 1 amide bonds. The summed E-state index contributed by atoms with van der Waals surface area (Å²) in [4.78, 5) is 16.4. The molecule has 0 aliphatic carbocycles. The lowest BCUT2D eigenvalue weighted by atomic mass is 10.2. The zero-order valence-electron chi connectivity index (χ0n) is 13.6. The third-order valence-corrected chi connectivity index (χ3v) is 3.93. The molecular weight excluding hydrogens is 382 g/mol. The fourth-order valence-corrected chi connectivity index (χ4v) is 2.46. The molecule has 3 aromatic rings. The smallest absolute Gasteiger partial charge is 0.268 e. The van der Waals surface area contributed by atoms with Crippen molar-refractivity contribution in [3.05, 3.63) is 81.8 Å². The molecule has 1 aromatic carbocycles. The van der Waals surface area contributed by atoms with Crippen LogP contribution in [0.3, 0.4) is 0 Å². The molecule has 0 saturated carbocycles. The highest BCUT2D eigenvalue weighted by molar-refractivity contribution is 9.10. The Balaban J connectivity index is 1.59. The molecule has 0 atom stereocenters. The van der Waals surface area contributed by atoms with Crippen LogP contribution in [-0.2, 0) is 6.54 Å². The Bertz CT molecular complexity index is 902. The topological polar surface area (TPSA) is 72.2 Å². The average Bonchev–Trinajstić information content (AvgIpc) is 3.06. The lowest BCUT2D eigenvalue weighted by Crippen LogP contribution is -2.18. The van der Waals surface area contributed by atoms with Crippen LogP contribution in [0.4, 0.5) is 0 Å². The Kier molecular flexibility index (Phi) is 5.35. The van der Waals surface area contributed by atoms with Gasteiger partial charge in [0.1, 0.15) is 0 Å². The van der Waals surface area contributed by atoms with Crippen molar-refractivity contribution in [2.75, 3.05) is 0 Å². The molecule has 0 radical (unpaired) electrons. The molecule has 0 fully saturated rings. The van der Waals surface area contributed by atoms with Crippen molar-refractivity contribution in [3.8, 4) is 0 Å². The second-order valence-electron chi connectivity index (χ2n) is 5.43. The van der Waals surface area contributed by atoms with Crippen molar-refractivity contribution in [1.29, 1.82) is 0 Å². The zero-order valence-corrected chi connectivity index (χ0v) is 15.1. The van der Waals surface area contributed by atoms with Crippen LogP contribution in [0.15, 0.2) is 64.3 Å². The lowest BCUT2D eigenvalue weighted by molar-refractivity contribution is 0.0949. The number of benzene rings is 1. The maximum Gasteiger partial charge on any atom is 0.291 e. The van der Waals surface area contributed by atoms with Crippen molar-refractivity contribution in [2.45, 2.75) is 13.5 Å². The number of carbonyl (C=O) groups excluding carboxylic acids is 1. The van der Waals surface area contributed by atoms with Crippen LogP contribution in [0.25, 0.3) is 0 Å². The maximum atomic E-state index is 12.1. The summed E-state index contributed by atoms with van der Waals surface area (Å²) in [5.41, 5.74) is 5.44. The first kappa shape index (κ1) is 17.0. The van der Waals surface area contributed by atoms with Crippen molar-refractivity contribution in [2.24, 2.45) is 5.10 Å². The summed E-state index contributed by atoms with van der Waals surface area (Å²) in [6.45, 7) is 2.49. The molecular formula is C18H16BrN5O. The predicted molar refractivity (Wildman–Crippen MR) is 99.5 cm³/mol. The second-order valence-corrected chi connectivity index (χ2v) is 6.34. The van der Waals surface area contributed by atoms with Crippen LogP contribution in [0.1, 0.15) is 27.4 Å². The van der Waals surface area contributed by atoms with Gasteiger partial charge in [-0.15, -0.1) is 0 Å². The number of pyridine rings is 1. The van der Waals surface area contributed by atoms with E-state index in [0.29, 0.717) is 17.9 Å². The second kappa shape index (κ2) is 7.85. The van der Waals surface area contributed by atoms with E-state index in [1.165, 1.54) is 6.21 Å². The van der Waals surface area contributed by atoms with Crippen LogP contribution in [0, 0.1) is 6.92 Å². The molecule has 3 rings (SSSR count). The van der Waals surface area contributed by atoms with Crippen LogP contribution in [-0.4, -0.2) is 26.9 Å². The van der Waals surface area contributed by atoms with E-state index in [0.717, 1.165) is 15.7 Å². The molecule has 0 spiro atoms. The van der Waals surface area contributed by atoms with Gasteiger partial charge >= 0.3 is 0 Å². The molecule has 0 aliphatic heterocycles. The van der Waals surface area contributed by atoms with E-state index in [-0.39, 0.29) is 5.91 Å². The van der Waals surface area contributed by atoms with Gasteiger partial charge in [-0.3, -0.25) is 14.5 Å². The summed E-state index contributed by atoms with van der Waals surface area (Å²) < 4.78 is 2.74. The Morgan fingerprint density at radius 3 is 2.80 bits per heavy atom. The van der Waals surface area contributed by atoms with Crippen molar-refractivity contribution in [3.63, 3.8) is 0 Å². The minimum absolute atomic E-state index is 0.312. The molecule has 126 valence electrons. The molecule has 7 heteroatoms. The Morgan fingerprint density at radius 2 is 2.04 bits per heavy atom. The van der Waals surface area contributed by atoms with E-state index in [2.05, 4.69) is 36.5 Å². The fourth-order valence-electron chi connectivity index (χ4n) is 2.20. The number of nitrogens with zero attached hydrogens (tertiary/aromatic N) is 4. The number of hydrazone groups is 1. The monoisotopic (exact) mass is 397 g/mol. The first-order valence-corrected chi connectivity index (χ1v) is 8.44. The van der Waals surface area contributed by atoms with Gasteiger partial charge in [-0.25, -0.2) is 5.43 Å². The number of hydrogen-bond donors (Lipinski definition) is 1. The number of aryl methyl sites for hydroxylation is 1. The quantitative estimate of drug-likeness (QED) is 0.530. The summed E-state index contributed by atoms with van der Waals surface area (Å²) in [6.07, 6.45) is 3.27. The van der Waals surface area contributed by atoms with Gasteiger partial charge in [-0.05, 0) is 42.8 Å². The highest BCUT2D eigenvalue weighted by Gasteiger charge is 2.08. The van der Waals surface area contributed by atoms with E-state index >= 15 is 0 Å². The average molecular weight is 398 g/mol. The Morgan fingerprint density at radius 1 is 1.24 bits per heavy atom. The van der Waals surface area contributed by atoms with E-state index in [4.69, 9.17) is 0 Å². The molecule has 6 nitrogen and oxygen atoms in total. The third kappa shape index (κ3) is 4.84. The molecule has 1 N–H and O–H groups in total. The van der Waals surface area contributed by atoms with E-state index < -0.39 is 0 Å². The van der Waals surface area contributed by atoms with Crippen LogP contribution < -0.4 is 5.43 Å².